The number of nitrogens with zero attached hydrogens (tertiary/aromatic N) is 1. The predicted octanol–water partition coefficient (Wildman–Crippen LogP) is 5.57. The van der Waals surface area contributed by atoms with Gasteiger partial charge in [-0.1, -0.05) is 53.6 Å². The van der Waals surface area contributed by atoms with Crippen LogP contribution in [0, 0.1) is 6.92 Å². The summed E-state index contributed by atoms with van der Waals surface area (Å²) in [6, 6.07) is 14.1. The third-order valence-corrected chi connectivity index (χ3v) is 5.27. The van der Waals surface area contributed by atoms with Gasteiger partial charge in [-0.15, -0.1) is 0 Å². The lowest BCUT2D eigenvalue weighted by Gasteiger charge is -2.21. The molecule has 1 N–H and O–H groups in total. The fourth-order valence-corrected chi connectivity index (χ4v) is 3.51. The van der Waals surface area contributed by atoms with E-state index in [-0.39, 0.29) is 5.56 Å². The summed E-state index contributed by atoms with van der Waals surface area (Å²) >= 11 is 5.73. The first kappa shape index (κ1) is 23.2. The van der Waals surface area contributed by atoms with Crippen LogP contribution in [0.2, 0.25) is 5.02 Å². The third-order valence-electron chi connectivity index (χ3n) is 4.86. The van der Waals surface area contributed by atoms with Crippen LogP contribution in [0.5, 0.6) is 0 Å². The Morgan fingerprint density at radius 2 is 1.86 bits per heavy atom. The van der Waals surface area contributed by atoms with E-state index in [2.05, 4.69) is 36.2 Å². The Balaban J connectivity index is 0.000000360. The number of amides is 1. The number of carbonyl (C=O) groups is 1. The minimum atomic E-state index is -4.57. The molecule has 0 aromatic heterocycles. The molecule has 1 amide bonds. The summed E-state index contributed by atoms with van der Waals surface area (Å²) in [6.07, 6.45) is -2.31. The summed E-state index contributed by atoms with van der Waals surface area (Å²) in [5.41, 5.74) is 0.184. The molecule has 2 aromatic carbocycles. The van der Waals surface area contributed by atoms with Gasteiger partial charge in [0.05, 0.1) is 16.1 Å². The number of hydrogen-bond acceptors (Lipinski definition) is 2. The van der Waals surface area contributed by atoms with E-state index in [1.807, 2.05) is 18.2 Å². The molecule has 3 nitrogen and oxygen atoms in total. The van der Waals surface area contributed by atoms with Crippen molar-refractivity contribution in [3.63, 3.8) is 0 Å². The largest absolute Gasteiger partial charge is 0.417 e. The Morgan fingerprint density at radius 1 is 1.17 bits per heavy atom. The van der Waals surface area contributed by atoms with Crippen molar-refractivity contribution < 1.29 is 18.0 Å². The molecule has 1 aliphatic heterocycles. The molecule has 1 heterocycles. The van der Waals surface area contributed by atoms with E-state index in [0.29, 0.717) is 19.1 Å². The molecule has 2 aromatic rings. The second-order valence-electron chi connectivity index (χ2n) is 7.10. The van der Waals surface area contributed by atoms with Crippen molar-refractivity contribution in [2.24, 2.45) is 0 Å². The molecule has 1 fully saturated rings. The van der Waals surface area contributed by atoms with E-state index < -0.39 is 22.7 Å². The SMILES string of the molecule is CC1CCCN1CCNC(=O)c1cccc(C(F)(F)F)c1Cl.Cc1ccccc1. The van der Waals surface area contributed by atoms with E-state index in [9.17, 15) is 18.0 Å². The van der Waals surface area contributed by atoms with Crippen LogP contribution in [0.15, 0.2) is 48.5 Å². The highest BCUT2D eigenvalue weighted by molar-refractivity contribution is 6.34. The second-order valence-corrected chi connectivity index (χ2v) is 7.48. The Morgan fingerprint density at radius 3 is 2.38 bits per heavy atom. The topological polar surface area (TPSA) is 32.3 Å². The molecular formula is C22H26ClF3N2O. The molecule has 0 radical (unpaired) electrons. The summed E-state index contributed by atoms with van der Waals surface area (Å²) < 4.78 is 38.3. The number of aryl methyl sites for hydroxylation is 1. The lowest BCUT2D eigenvalue weighted by atomic mass is 10.1. The molecule has 0 bridgehead atoms. The quantitative estimate of drug-likeness (QED) is 0.693. The minimum absolute atomic E-state index is 0.147. The van der Waals surface area contributed by atoms with Gasteiger partial charge in [-0.3, -0.25) is 9.69 Å². The maximum absolute atomic E-state index is 12.8. The molecule has 1 saturated heterocycles. The van der Waals surface area contributed by atoms with E-state index in [1.165, 1.54) is 17.7 Å². The standard InChI is InChI=1S/C15H18ClF3N2O.C7H8/c1-10-4-3-8-21(10)9-7-20-14(22)11-5-2-6-12(13(11)16)15(17,18)19;1-7-5-3-2-4-6-7/h2,5-6,10H,3-4,7-9H2,1H3,(H,20,22);2-6H,1H3. The lowest BCUT2D eigenvalue weighted by Crippen LogP contribution is -2.36. The molecule has 0 aliphatic carbocycles. The number of rotatable bonds is 4. The molecule has 158 valence electrons. The van der Waals surface area contributed by atoms with Crippen molar-refractivity contribution in [1.29, 1.82) is 0 Å². The molecule has 0 saturated carbocycles. The Bertz CT molecular complexity index is 796. The molecule has 0 spiro atoms. The van der Waals surface area contributed by atoms with Gasteiger partial charge in [-0.2, -0.15) is 13.2 Å². The highest BCUT2D eigenvalue weighted by Gasteiger charge is 2.34. The Labute approximate surface area is 174 Å². The van der Waals surface area contributed by atoms with Crippen molar-refractivity contribution in [2.45, 2.75) is 38.9 Å². The molecule has 1 aliphatic rings. The highest BCUT2D eigenvalue weighted by Crippen LogP contribution is 2.36. The summed E-state index contributed by atoms with van der Waals surface area (Å²) in [7, 11) is 0. The number of nitrogens with one attached hydrogen (secondary N) is 1. The van der Waals surface area contributed by atoms with Gasteiger partial charge in [0, 0.05) is 19.1 Å². The van der Waals surface area contributed by atoms with Crippen LogP contribution in [-0.2, 0) is 6.18 Å². The van der Waals surface area contributed by atoms with Gasteiger partial charge in [0.2, 0.25) is 0 Å². The van der Waals surface area contributed by atoms with Crippen LogP contribution >= 0.6 is 11.6 Å². The maximum Gasteiger partial charge on any atom is 0.417 e. The number of hydrogen-bond donors (Lipinski definition) is 1. The van der Waals surface area contributed by atoms with E-state index in [1.54, 1.807) is 0 Å². The Hall–Kier alpha value is -2.05. The predicted molar refractivity (Wildman–Crippen MR) is 110 cm³/mol. The fraction of sp³-hybridized carbons (Fsp3) is 0.409. The Kier molecular flexibility index (Phi) is 8.53. The average Bonchev–Trinajstić information content (AvgIpc) is 3.07. The number of carbonyl (C=O) groups excluding carboxylic acids is 1. The van der Waals surface area contributed by atoms with E-state index in [0.717, 1.165) is 25.5 Å². The summed E-state index contributed by atoms with van der Waals surface area (Å²) in [5.74, 6) is -0.581. The number of likely N-dealkylation sites (tertiary alicyclic amines) is 1. The van der Waals surface area contributed by atoms with Crippen molar-refractivity contribution in [2.75, 3.05) is 19.6 Å². The van der Waals surface area contributed by atoms with Gasteiger partial charge in [0.15, 0.2) is 0 Å². The zero-order valence-corrected chi connectivity index (χ0v) is 17.4. The van der Waals surface area contributed by atoms with Crippen molar-refractivity contribution >= 4 is 17.5 Å². The summed E-state index contributed by atoms with van der Waals surface area (Å²) in [5, 5.41) is 2.08. The van der Waals surface area contributed by atoms with Gasteiger partial charge in [0.25, 0.3) is 5.91 Å². The molecule has 29 heavy (non-hydrogen) atoms. The molecule has 7 heteroatoms. The van der Waals surface area contributed by atoms with Crippen LogP contribution in [0.4, 0.5) is 13.2 Å². The zero-order chi connectivity index (χ0) is 21.4. The smallest absolute Gasteiger partial charge is 0.351 e. The second kappa shape index (κ2) is 10.6. The first-order valence-corrected chi connectivity index (χ1v) is 9.97. The van der Waals surface area contributed by atoms with Crippen molar-refractivity contribution in [3.05, 3.63) is 70.2 Å². The van der Waals surface area contributed by atoms with E-state index in [4.69, 9.17) is 11.6 Å². The molecular weight excluding hydrogens is 401 g/mol. The average molecular weight is 427 g/mol. The van der Waals surface area contributed by atoms with Gasteiger partial charge < -0.3 is 5.32 Å². The monoisotopic (exact) mass is 426 g/mol. The molecule has 1 atom stereocenters. The zero-order valence-electron chi connectivity index (χ0n) is 16.6. The van der Waals surface area contributed by atoms with Crippen LogP contribution in [0.1, 0.15) is 41.3 Å². The fourth-order valence-electron chi connectivity index (χ4n) is 3.19. The molecule has 3 rings (SSSR count). The van der Waals surface area contributed by atoms with Crippen LogP contribution < -0.4 is 5.32 Å². The van der Waals surface area contributed by atoms with Crippen molar-refractivity contribution in [3.8, 4) is 0 Å². The summed E-state index contributed by atoms with van der Waals surface area (Å²) in [4.78, 5) is 14.3. The normalized spacial score (nSPS) is 16.8. The number of halogens is 4. The van der Waals surface area contributed by atoms with Crippen molar-refractivity contribution in [1.82, 2.24) is 10.2 Å². The van der Waals surface area contributed by atoms with E-state index >= 15 is 0 Å². The van der Waals surface area contributed by atoms with Crippen LogP contribution in [0.3, 0.4) is 0 Å². The molecule has 1 unspecified atom stereocenters. The van der Waals surface area contributed by atoms with Gasteiger partial charge >= 0.3 is 6.18 Å². The van der Waals surface area contributed by atoms with Gasteiger partial charge in [-0.25, -0.2) is 0 Å². The minimum Gasteiger partial charge on any atom is -0.351 e. The summed E-state index contributed by atoms with van der Waals surface area (Å²) in [6.45, 7) is 6.26. The maximum atomic E-state index is 12.8. The van der Waals surface area contributed by atoms with Gasteiger partial charge in [0.1, 0.15) is 0 Å². The first-order chi connectivity index (χ1) is 13.7. The number of benzene rings is 2. The van der Waals surface area contributed by atoms with Crippen LogP contribution in [-0.4, -0.2) is 36.5 Å². The lowest BCUT2D eigenvalue weighted by molar-refractivity contribution is -0.137. The van der Waals surface area contributed by atoms with Crippen LogP contribution in [0.25, 0.3) is 0 Å². The number of alkyl halides is 3. The highest BCUT2D eigenvalue weighted by atomic mass is 35.5. The van der Waals surface area contributed by atoms with Gasteiger partial charge in [-0.05, 0) is 45.4 Å². The third kappa shape index (κ3) is 7.05. The first-order valence-electron chi connectivity index (χ1n) is 9.59.